The molecule has 0 bridgehead atoms. The summed E-state index contributed by atoms with van der Waals surface area (Å²) in [7, 11) is -0.706. The summed E-state index contributed by atoms with van der Waals surface area (Å²) < 4.78 is 11.7. The average Bonchev–Trinajstić information content (AvgIpc) is 2.25. The van der Waals surface area contributed by atoms with E-state index >= 15 is 0 Å². The fraction of sp³-hybridized carbons (Fsp3) is 1.00. The molecule has 0 aliphatic heterocycles. The van der Waals surface area contributed by atoms with Gasteiger partial charge in [0, 0.05) is 17.1 Å². The maximum absolute atomic E-state index is 11.7. The van der Waals surface area contributed by atoms with Crippen LogP contribution in [0.2, 0.25) is 0 Å². The summed E-state index contributed by atoms with van der Waals surface area (Å²) in [6, 6.07) is 0. The van der Waals surface area contributed by atoms with Crippen LogP contribution in [0.25, 0.3) is 0 Å². The van der Waals surface area contributed by atoms with Crippen molar-refractivity contribution in [2.24, 2.45) is 5.41 Å². The molecule has 12 heavy (non-hydrogen) atoms. The maximum atomic E-state index is 11.7. The molecule has 0 heterocycles. The molecule has 0 radical (unpaired) electrons. The Morgan fingerprint density at radius 3 is 2.08 bits per heavy atom. The monoisotopic (exact) mass is 206 g/mol. The van der Waals surface area contributed by atoms with Gasteiger partial charge in [-0.3, -0.25) is 4.21 Å². The highest BCUT2D eigenvalue weighted by Crippen LogP contribution is 2.54. The van der Waals surface area contributed by atoms with Crippen molar-refractivity contribution in [1.29, 1.82) is 0 Å². The molecule has 1 aliphatic carbocycles. The largest absolute Gasteiger partial charge is 0.258 e. The molecule has 1 fully saturated rings. The topological polar surface area (TPSA) is 17.1 Å². The second kappa shape index (κ2) is 3.33. The van der Waals surface area contributed by atoms with E-state index in [0.717, 1.165) is 6.42 Å². The van der Waals surface area contributed by atoms with Crippen LogP contribution in [0, 0.1) is 5.41 Å². The number of rotatable bonds is 2. The Kier molecular flexibility index (Phi) is 2.94. The van der Waals surface area contributed by atoms with E-state index in [1.165, 1.54) is 12.8 Å². The summed E-state index contributed by atoms with van der Waals surface area (Å²) in [6.45, 7) is 4.50. The van der Waals surface area contributed by atoms with Gasteiger partial charge in [0.25, 0.3) is 0 Å². The molecule has 72 valence electrons. The van der Waals surface area contributed by atoms with Gasteiger partial charge >= 0.3 is 0 Å². The maximum Gasteiger partial charge on any atom is 0.0953 e. The lowest BCUT2D eigenvalue weighted by Crippen LogP contribution is -2.40. The van der Waals surface area contributed by atoms with E-state index in [0.29, 0.717) is 0 Å². The quantitative estimate of drug-likeness (QED) is 0.691. The van der Waals surface area contributed by atoms with E-state index in [1.54, 1.807) is 11.8 Å². The lowest BCUT2D eigenvalue weighted by molar-refractivity contribution is 0.366. The van der Waals surface area contributed by atoms with Crippen LogP contribution in [0.15, 0.2) is 0 Å². The first kappa shape index (κ1) is 10.6. The first-order valence-corrected chi connectivity index (χ1v) is 7.13. The highest BCUT2D eigenvalue weighted by Gasteiger charge is 2.51. The Bertz CT molecular complexity index is 201. The molecule has 0 aromatic heterocycles. The van der Waals surface area contributed by atoms with Crippen molar-refractivity contribution in [3.63, 3.8) is 0 Å². The molecule has 1 aliphatic rings. The van der Waals surface area contributed by atoms with Crippen LogP contribution in [-0.2, 0) is 10.8 Å². The minimum absolute atomic E-state index is 0.0208. The van der Waals surface area contributed by atoms with Crippen LogP contribution in [0.4, 0.5) is 0 Å². The van der Waals surface area contributed by atoms with Crippen LogP contribution < -0.4 is 0 Å². The van der Waals surface area contributed by atoms with Gasteiger partial charge in [0.15, 0.2) is 0 Å². The zero-order valence-electron chi connectivity index (χ0n) is 8.35. The summed E-state index contributed by atoms with van der Waals surface area (Å²) >= 11 is 1.79. The molecule has 0 aromatic rings. The summed E-state index contributed by atoms with van der Waals surface area (Å²) in [5.74, 6) is 0. The molecule has 1 rings (SSSR count). The standard InChI is InChI=1S/C9H18OS2/c1-8(2)6-5-7-9(8,11-3)12(4)10/h5-7H2,1-4H3. The smallest absolute Gasteiger partial charge is 0.0953 e. The van der Waals surface area contributed by atoms with Crippen molar-refractivity contribution in [3.05, 3.63) is 0 Å². The molecule has 2 atom stereocenters. The molecule has 0 spiro atoms. The van der Waals surface area contributed by atoms with Crippen molar-refractivity contribution in [2.75, 3.05) is 12.5 Å². The van der Waals surface area contributed by atoms with Gasteiger partial charge < -0.3 is 0 Å². The van der Waals surface area contributed by atoms with E-state index < -0.39 is 10.8 Å². The Morgan fingerprint density at radius 2 is 1.92 bits per heavy atom. The second-order valence-electron chi connectivity index (χ2n) is 4.15. The van der Waals surface area contributed by atoms with Gasteiger partial charge in [0.2, 0.25) is 0 Å². The molecule has 2 unspecified atom stereocenters. The number of hydrogen-bond acceptors (Lipinski definition) is 2. The van der Waals surface area contributed by atoms with Crippen LogP contribution in [0.1, 0.15) is 33.1 Å². The summed E-state index contributed by atoms with van der Waals surface area (Å²) in [5, 5.41) is 0. The SMILES string of the molecule is CSC1(S(C)=O)CCCC1(C)C. The van der Waals surface area contributed by atoms with Gasteiger partial charge in [-0.25, -0.2) is 0 Å². The molecule has 1 saturated carbocycles. The van der Waals surface area contributed by atoms with Crippen LogP contribution in [-0.4, -0.2) is 20.8 Å². The molecule has 0 saturated heterocycles. The van der Waals surface area contributed by atoms with Gasteiger partial charge in [0.05, 0.1) is 4.08 Å². The Morgan fingerprint density at radius 1 is 1.33 bits per heavy atom. The predicted octanol–water partition coefficient (Wildman–Crippen LogP) is 2.63. The van der Waals surface area contributed by atoms with Crippen molar-refractivity contribution in [3.8, 4) is 0 Å². The van der Waals surface area contributed by atoms with Crippen molar-refractivity contribution < 1.29 is 4.21 Å². The first-order chi connectivity index (χ1) is 5.46. The molecule has 1 nitrogen and oxygen atoms in total. The van der Waals surface area contributed by atoms with Crippen molar-refractivity contribution >= 4 is 22.6 Å². The lowest BCUT2D eigenvalue weighted by atomic mass is 9.91. The summed E-state index contributed by atoms with van der Waals surface area (Å²) in [4.78, 5) is 0. The van der Waals surface area contributed by atoms with Gasteiger partial charge in [-0.1, -0.05) is 20.3 Å². The minimum atomic E-state index is -0.706. The normalized spacial score (nSPS) is 36.7. The van der Waals surface area contributed by atoms with E-state index in [-0.39, 0.29) is 9.49 Å². The lowest BCUT2D eigenvalue weighted by Gasteiger charge is -2.38. The molecular weight excluding hydrogens is 188 g/mol. The summed E-state index contributed by atoms with van der Waals surface area (Å²) in [5.41, 5.74) is 0.242. The fourth-order valence-electron chi connectivity index (χ4n) is 2.32. The average molecular weight is 206 g/mol. The van der Waals surface area contributed by atoms with E-state index in [2.05, 4.69) is 20.1 Å². The highest BCUT2D eigenvalue weighted by molar-refractivity contribution is 8.12. The van der Waals surface area contributed by atoms with Crippen molar-refractivity contribution in [1.82, 2.24) is 0 Å². The fourth-order valence-corrected chi connectivity index (χ4v) is 5.57. The molecule has 0 N–H and O–H groups in total. The van der Waals surface area contributed by atoms with Gasteiger partial charge in [-0.2, -0.15) is 0 Å². The van der Waals surface area contributed by atoms with E-state index in [1.807, 2.05) is 6.26 Å². The zero-order valence-corrected chi connectivity index (χ0v) is 9.98. The van der Waals surface area contributed by atoms with Crippen LogP contribution in [0.5, 0.6) is 0 Å². The third-order valence-electron chi connectivity index (χ3n) is 3.13. The Labute approximate surface area is 82.2 Å². The highest BCUT2D eigenvalue weighted by atomic mass is 32.2. The van der Waals surface area contributed by atoms with Gasteiger partial charge in [-0.15, -0.1) is 11.8 Å². The third kappa shape index (κ3) is 1.35. The Hall–Kier alpha value is 0.500. The van der Waals surface area contributed by atoms with Gasteiger partial charge in [-0.05, 0) is 24.5 Å². The number of thioether (sulfide) groups is 1. The van der Waals surface area contributed by atoms with Crippen LogP contribution >= 0.6 is 11.8 Å². The second-order valence-corrected chi connectivity index (χ2v) is 7.12. The summed E-state index contributed by atoms with van der Waals surface area (Å²) in [6.07, 6.45) is 7.50. The van der Waals surface area contributed by atoms with Crippen molar-refractivity contribution in [2.45, 2.75) is 37.2 Å². The van der Waals surface area contributed by atoms with E-state index in [4.69, 9.17) is 0 Å². The van der Waals surface area contributed by atoms with Crippen LogP contribution in [0.3, 0.4) is 0 Å². The zero-order chi connectivity index (χ0) is 9.41. The molecule has 0 aromatic carbocycles. The third-order valence-corrected chi connectivity index (χ3v) is 7.44. The van der Waals surface area contributed by atoms with E-state index in [9.17, 15) is 4.21 Å². The predicted molar refractivity (Wildman–Crippen MR) is 57.9 cm³/mol. The minimum Gasteiger partial charge on any atom is -0.258 e. The molecule has 0 amide bonds. The van der Waals surface area contributed by atoms with Gasteiger partial charge in [0.1, 0.15) is 0 Å². The molecule has 3 heteroatoms. The number of hydrogen-bond donors (Lipinski definition) is 0. The Balaban J connectivity index is 3.00. The first-order valence-electron chi connectivity index (χ1n) is 4.35. The molecular formula is C9H18OS2.